The van der Waals surface area contributed by atoms with Gasteiger partial charge in [0.05, 0.1) is 5.69 Å². The highest BCUT2D eigenvalue weighted by molar-refractivity contribution is 7.13. The van der Waals surface area contributed by atoms with Gasteiger partial charge in [-0.25, -0.2) is 14.2 Å². The third-order valence-electron chi connectivity index (χ3n) is 2.02. The molecule has 0 aliphatic rings. The van der Waals surface area contributed by atoms with Crippen molar-refractivity contribution in [3.63, 3.8) is 0 Å². The standard InChI is InChI=1S/C12H8FNO2S/c13-10-4-2-1-3-9(10)12-14-8(7-17-12)5-6-11(15)16/h1-7H,(H,15,16)/b6-5+. The molecule has 0 saturated heterocycles. The van der Waals surface area contributed by atoms with Crippen LogP contribution in [0.1, 0.15) is 5.69 Å². The van der Waals surface area contributed by atoms with E-state index in [-0.39, 0.29) is 5.82 Å². The molecule has 2 aromatic rings. The maximum absolute atomic E-state index is 13.5. The Morgan fingerprint density at radius 2 is 2.18 bits per heavy atom. The topological polar surface area (TPSA) is 50.2 Å². The molecule has 0 aliphatic heterocycles. The van der Waals surface area contributed by atoms with Gasteiger partial charge in [0.2, 0.25) is 0 Å². The molecular formula is C12H8FNO2S. The van der Waals surface area contributed by atoms with E-state index < -0.39 is 5.97 Å². The van der Waals surface area contributed by atoms with Crippen molar-refractivity contribution in [3.05, 3.63) is 47.2 Å². The zero-order valence-electron chi connectivity index (χ0n) is 8.63. The van der Waals surface area contributed by atoms with Crippen LogP contribution in [-0.4, -0.2) is 16.1 Å². The molecule has 1 heterocycles. The van der Waals surface area contributed by atoms with E-state index in [4.69, 9.17) is 5.11 Å². The highest BCUT2D eigenvalue weighted by Gasteiger charge is 2.07. The van der Waals surface area contributed by atoms with Gasteiger partial charge in [0.15, 0.2) is 0 Å². The minimum absolute atomic E-state index is 0.337. The van der Waals surface area contributed by atoms with E-state index in [0.29, 0.717) is 16.3 Å². The van der Waals surface area contributed by atoms with Crippen molar-refractivity contribution in [2.24, 2.45) is 0 Å². The summed E-state index contributed by atoms with van der Waals surface area (Å²) in [5.41, 5.74) is 0.933. The van der Waals surface area contributed by atoms with E-state index in [1.807, 2.05) is 0 Å². The van der Waals surface area contributed by atoms with Crippen molar-refractivity contribution in [3.8, 4) is 10.6 Å². The van der Waals surface area contributed by atoms with Crippen LogP contribution in [0.2, 0.25) is 0 Å². The second-order valence-corrected chi connectivity index (χ2v) is 4.09. The van der Waals surface area contributed by atoms with Gasteiger partial charge in [0.25, 0.3) is 0 Å². The fourth-order valence-corrected chi connectivity index (χ4v) is 2.09. The molecule has 0 fully saturated rings. The Kier molecular flexibility index (Phi) is 3.30. The maximum Gasteiger partial charge on any atom is 0.328 e. The molecule has 5 heteroatoms. The fourth-order valence-electron chi connectivity index (χ4n) is 1.28. The molecule has 0 unspecified atom stereocenters. The third-order valence-corrected chi connectivity index (χ3v) is 2.92. The van der Waals surface area contributed by atoms with Crippen LogP contribution in [0, 0.1) is 5.82 Å². The van der Waals surface area contributed by atoms with Gasteiger partial charge < -0.3 is 5.11 Å². The van der Waals surface area contributed by atoms with E-state index in [1.54, 1.807) is 23.6 Å². The lowest BCUT2D eigenvalue weighted by Gasteiger charge is -1.96. The lowest BCUT2D eigenvalue weighted by Crippen LogP contribution is -1.86. The van der Waals surface area contributed by atoms with Gasteiger partial charge in [-0.05, 0) is 18.2 Å². The van der Waals surface area contributed by atoms with Crippen molar-refractivity contribution in [2.75, 3.05) is 0 Å². The Balaban J connectivity index is 2.30. The zero-order chi connectivity index (χ0) is 12.3. The Bertz CT molecular complexity index is 577. The molecule has 0 radical (unpaired) electrons. The molecule has 1 N–H and O–H groups in total. The molecule has 2 rings (SSSR count). The Morgan fingerprint density at radius 1 is 1.41 bits per heavy atom. The minimum Gasteiger partial charge on any atom is -0.478 e. The van der Waals surface area contributed by atoms with Crippen LogP contribution in [0.25, 0.3) is 16.6 Å². The summed E-state index contributed by atoms with van der Waals surface area (Å²) in [4.78, 5) is 14.5. The number of carboxylic acid groups (broad SMARTS) is 1. The summed E-state index contributed by atoms with van der Waals surface area (Å²) < 4.78 is 13.5. The average Bonchev–Trinajstić information content (AvgIpc) is 2.75. The quantitative estimate of drug-likeness (QED) is 0.850. The van der Waals surface area contributed by atoms with E-state index >= 15 is 0 Å². The summed E-state index contributed by atoms with van der Waals surface area (Å²) in [6, 6.07) is 6.34. The van der Waals surface area contributed by atoms with Gasteiger partial charge in [-0.1, -0.05) is 12.1 Å². The van der Waals surface area contributed by atoms with Crippen molar-refractivity contribution >= 4 is 23.4 Å². The molecule has 0 amide bonds. The molecule has 3 nitrogen and oxygen atoms in total. The molecule has 0 aliphatic carbocycles. The SMILES string of the molecule is O=C(O)/C=C/c1csc(-c2ccccc2F)n1. The molecule has 0 spiro atoms. The van der Waals surface area contributed by atoms with Crippen molar-refractivity contribution in [2.45, 2.75) is 0 Å². The van der Waals surface area contributed by atoms with Crippen molar-refractivity contribution in [1.29, 1.82) is 0 Å². The number of carboxylic acids is 1. The number of benzene rings is 1. The van der Waals surface area contributed by atoms with Crippen LogP contribution in [0.15, 0.2) is 35.7 Å². The van der Waals surface area contributed by atoms with Crippen LogP contribution in [0.4, 0.5) is 4.39 Å². The van der Waals surface area contributed by atoms with Crippen LogP contribution in [0.3, 0.4) is 0 Å². The van der Waals surface area contributed by atoms with Gasteiger partial charge in [-0.2, -0.15) is 0 Å². The van der Waals surface area contributed by atoms with Gasteiger partial charge in [-0.15, -0.1) is 11.3 Å². The van der Waals surface area contributed by atoms with Crippen LogP contribution >= 0.6 is 11.3 Å². The van der Waals surface area contributed by atoms with Crippen LogP contribution in [0.5, 0.6) is 0 Å². The lowest BCUT2D eigenvalue weighted by molar-refractivity contribution is -0.131. The molecule has 1 aromatic heterocycles. The number of hydrogen-bond donors (Lipinski definition) is 1. The first-order valence-corrected chi connectivity index (χ1v) is 5.66. The first kappa shape index (κ1) is 11.5. The summed E-state index contributed by atoms with van der Waals surface area (Å²) in [6.45, 7) is 0. The highest BCUT2D eigenvalue weighted by Crippen LogP contribution is 2.26. The summed E-state index contributed by atoms with van der Waals surface area (Å²) in [6.07, 6.45) is 2.38. The second-order valence-electron chi connectivity index (χ2n) is 3.23. The minimum atomic E-state index is -1.04. The highest BCUT2D eigenvalue weighted by atomic mass is 32.1. The van der Waals surface area contributed by atoms with Crippen molar-refractivity contribution < 1.29 is 14.3 Å². The predicted molar refractivity (Wildman–Crippen MR) is 64.2 cm³/mol. The summed E-state index contributed by atoms with van der Waals surface area (Å²) >= 11 is 1.27. The number of nitrogens with zero attached hydrogens (tertiary/aromatic N) is 1. The van der Waals surface area contributed by atoms with Crippen LogP contribution < -0.4 is 0 Å². The normalized spacial score (nSPS) is 10.9. The zero-order valence-corrected chi connectivity index (χ0v) is 9.45. The molecule has 0 atom stereocenters. The molecule has 17 heavy (non-hydrogen) atoms. The largest absolute Gasteiger partial charge is 0.478 e. The molecule has 1 aromatic carbocycles. The molecular weight excluding hydrogens is 241 g/mol. The van der Waals surface area contributed by atoms with E-state index in [9.17, 15) is 9.18 Å². The average molecular weight is 249 g/mol. The molecule has 0 saturated carbocycles. The number of aromatic nitrogens is 1. The number of thiazole rings is 1. The van der Waals surface area contributed by atoms with E-state index in [2.05, 4.69) is 4.98 Å². The summed E-state index contributed by atoms with van der Waals surface area (Å²) in [5.74, 6) is -1.37. The number of halogens is 1. The van der Waals surface area contributed by atoms with Gasteiger partial charge >= 0.3 is 5.97 Å². The fraction of sp³-hybridized carbons (Fsp3) is 0. The Labute approximate surface area is 101 Å². The second kappa shape index (κ2) is 4.88. The van der Waals surface area contributed by atoms with Gasteiger partial charge in [-0.3, -0.25) is 0 Å². The van der Waals surface area contributed by atoms with E-state index in [1.165, 1.54) is 23.5 Å². The van der Waals surface area contributed by atoms with Gasteiger partial charge in [0.1, 0.15) is 10.8 Å². The first-order valence-electron chi connectivity index (χ1n) is 4.78. The number of carbonyl (C=O) groups is 1. The number of aliphatic carboxylic acids is 1. The summed E-state index contributed by atoms with van der Waals surface area (Å²) in [7, 11) is 0. The maximum atomic E-state index is 13.5. The predicted octanol–water partition coefficient (Wildman–Crippen LogP) is 3.05. The van der Waals surface area contributed by atoms with Crippen molar-refractivity contribution in [1.82, 2.24) is 4.98 Å². The lowest BCUT2D eigenvalue weighted by atomic mass is 10.2. The smallest absolute Gasteiger partial charge is 0.328 e. The van der Waals surface area contributed by atoms with Crippen LogP contribution in [-0.2, 0) is 4.79 Å². The number of rotatable bonds is 3. The first-order chi connectivity index (χ1) is 8.16. The Hall–Kier alpha value is -2.01. The molecule has 86 valence electrons. The van der Waals surface area contributed by atoms with Gasteiger partial charge in [0, 0.05) is 17.0 Å². The number of hydrogen-bond acceptors (Lipinski definition) is 3. The van der Waals surface area contributed by atoms with E-state index in [0.717, 1.165) is 6.08 Å². The monoisotopic (exact) mass is 249 g/mol. The Morgan fingerprint density at radius 3 is 2.88 bits per heavy atom. The third kappa shape index (κ3) is 2.76. The molecule has 0 bridgehead atoms. The summed E-state index contributed by atoms with van der Waals surface area (Å²) in [5, 5.41) is 10.7.